The SMILES string of the molecule is CCc1cc(C(F)(F)F)c2c(C3CCN(C(=O)CC[C@H]4CCCO4)CC3)noc2n1. The number of halogens is 3. The molecule has 0 aliphatic carbocycles. The first-order valence-electron chi connectivity index (χ1n) is 10.6. The number of aromatic nitrogens is 2. The highest BCUT2D eigenvalue weighted by atomic mass is 19.4. The van der Waals surface area contributed by atoms with Gasteiger partial charge in [-0.25, -0.2) is 4.98 Å². The first-order valence-corrected chi connectivity index (χ1v) is 10.6. The minimum atomic E-state index is -4.51. The number of piperidine rings is 1. The van der Waals surface area contributed by atoms with E-state index in [9.17, 15) is 18.0 Å². The number of alkyl halides is 3. The molecule has 1 atom stereocenters. The number of carbonyl (C=O) groups excluding carboxylic acids is 1. The zero-order valence-electron chi connectivity index (χ0n) is 17.0. The molecule has 164 valence electrons. The summed E-state index contributed by atoms with van der Waals surface area (Å²) in [5.74, 6) is -0.108. The molecule has 2 fully saturated rings. The average Bonchev–Trinajstić information content (AvgIpc) is 3.40. The zero-order chi connectivity index (χ0) is 21.3. The molecule has 30 heavy (non-hydrogen) atoms. The van der Waals surface area contributed by atoms with E-state index in [4.69, 9.17) is 9.26 Å². The van der Waals surface area contributed by atoms with Crippen LogP contribution in [-0.2, 0) is 22.1 Å². The fourth-order valence-corrected chi connectivity index (χ4v) is 4.42. The highest BCUT2D eigenvalue weighted by Crippen LogP contribution is 2.40. The Morgan fingerprint density at radius 1 is 1.27 bits per heavy atom. The first-order chi connectivity index (χ1) is 14.4. The van der Waals surface area contributed by atoms with Crippen LogP contribution in [0.2, 0.25) is 0 Å². The first kappa shape index (κ1) is 21.1. The lowest BCUT2D eigenvalue weighted by Crippen LogP contribution is -2.38. The van der Waals surface area contributed by atoms with E-state index in [2.05, 4.69) is 10.1 Å². The van der Waals surface area contributed by atoms with Gasteiger partial charge in [0.05, 0.1) is 22.7 Å². The summed E-state index contributed by atoms with van der Waals surface area (Å²) in [5.41, 5.74) is -0.175. The standard InChI is InChI=1S/C21H26F3N3O3/c1-2-14-12-16(21(22,23)24)18-19(26-30-20(18)25-14)13-7-9-27(10-8-13)17(28)6-5-15-4-3-11-29-15/h12-13,15H,2-11H2,1H3/t15-/m1/s1. The van der Waals surface area contributed by atoms with Crippen molar-refractivity contribution in [2.75, 3.05) is 19.7 Å². The second kappa shape index (κ2) is 8.53. The molecule has 1 amide bonds. The molecule has 0 bridgehead atoms. The number of pyridine rings is 1. The molecule has 0 saturated carbocycles. The average molecular weight is 425 g/mol. The Labute approximate surface area is 172 Å². The second-order valence-electron chi connectivity index (χ2n) is 8.09. The van der Waals surface area contributed by atoms with E-state index in [1.807, 2.05) is 0 Å². The van der Waals surface area contributed by atoms with E-state index in [0.717, 1.165) is 31.9 Å². The summed E-state index contributed by atoms with van der Waals surface area (Å²) in [5, 5.41) is 3.93. The van der Waals surface area contributed by atoms with Gasteiger partial charge >= 0.3 is 6.18 Å². The van der Waals surface area contributed by atoms with Crippen LogP contribution in [-0.4, -0.2) is 46.7 Å². The van der Waals surface area contributed by atoms with Crippen molar-refractivity contribution in [3.05, 3.63) is 23.0 Å². The van der Waals surface area contributed by atoms with Crippen molar-refractivity contribution >= 4 is 17.0 Å². The number of hydrogen-bond donors (Lipinski definition) is 0. The van der Waals surface area contributed by atoms with Crippen molar-refractivity contribution in [3.63, 3.8) is 0 Å². The highest BCUT2D eigenvalue weighted by Gasteiger charge is 2.38. The number of likely N-dealkylation sites (tertiary alicyclic amines) is 1. The number of fused-ring (bicyclic) bond motifs is 1. The highest BCUT2D eigenvalue weighted by molar-refractivity contribution is 5.82. The molecule has 4 heterocycles. The van der Waals surface area contributed by atoms with Gasteiger partial charge < -0.3 is 14.2 Å². The van der Waals surface area contributed by atoms with Crippen LogP contribution in [0, 0.1) is 0 Å². The van der Waals surface area contributed by atoms with Crippen LogP contribution in [0.4, 0.5) is 13.2 Å². The van der Waals surface area contributed by atoms with Crippen molar-refractivity contribution in [1.29, 1.82) is 0 Å². The largest absolute Gasteiger partial charge is 0.417 e. The number of amides is 1. The number of ether oxygens (including phenoxy) is 1. The Hall–Kier alpha value is -2.16. The van der Waals surface area contributed by atoms with Crippen LogP contribution < -0.4 is 0 Å². The molecule has 0 spiro atoms. The number of aryl methyl sites for hydroxylation is 1. The summed E-state index contributed by atoms with van der Waals surface area (Å²) in [6.07, 6.45) is 0.381. The van der Waals surface area contributed by atoms with Gasteiger partial charge in [0.15, 0.2) is 0 Å². The molecule has 9 heteroatoms. The van der Waals surface area contributed by atoms with Crippen molar-refractivity contribution in [3.8, 4) is 0 Å². The Morgan fingerprint density at radius 2 is 2.03 bits per heavy atom. The molecular weight excluding hydrogens is 399 g/mol. The summed E-state index contributed by atoms with van der Waals surface area (Å²) >= 11 is 0. The summed E-state index contributed by atoms with van der Waals surface area (Å²) in [7, 11) is 0. The predicted octanol–water partition coefficient (Wildman–Crippen LogP) is 4.47. The number of carbonyl (C=O) groups is 1. The minimum absolute atomic E-state index is 0.0390. The molecule has 2 saturated heterocycles. The molecule has 6 nitrogen and oxygen atoms in total. The summed E-state index contributed by atoms with van der Waals surface area (Å²) in [6.45, 7) is 3.53. The monoisotopic (exact) mass is 425 g/mol. The summed E-state index contributed by atoms with van der Waals surface area (Å²) in [6, 6.07) is 1.09. The number of nitrogens with zero attached hydrogens (tertiary/aromatic N) is 3. The molecule has 0 unspecified atom stereocenters. The van der Waals surface area contributed by atoms with Crippen LogP contribution >= 0.6 is 0 Å². The van der Waals surface area contributed by atoms with Gasteiger partial charge in [0.2, 0.25) is 5.91 Å². The lowest BCUT2D eigenvalue weighted by molar-refractivity contribution is -0.136. The zero-order valence-corrected chi connectivity index (χ0v) is 17.0. The molecular formula is C21H26F3N3O3. The topological polar surface area (TPSA) is 68.5 Å². The fourth-order valence-electron chi connectivity index (χ4n) is 4.42. The van der Waals surface area contributed by atoms with E-state index in [0.29, 0.717) is 50.2 Å². The van der Waals surface area contributed by atoms with Crippen molar-refractivity contribution in [2.45, 2.75) is 70.1 Å². The smallest absolute Gasteiger partial charge is 0.378 e. The number of rotatable bonds is 5. The third kappa shape index (κ3) is 4.31. The van der Waals surface area contributed by atoms with Gasteiger partial charge in [0.1, 0.15) is 0 Å². The summed E-state index contributed by atoms with van der Waals surface area (Å²) in [4.78, 5) is 18.5. The van der Waals surface area contributed by atoms with Crippen molar-refractivity contribution in [1.82, 2.24) is 15.0 Å². The minimum Gasteiger partial charge on any atom is -0.378 e. The van der Waals surface area contributed by atoms with Gasteiger partial charge in [-0.1, -0.05) is 12.1 Å². The van der Waals surface area contributed by atoms with Gasteiger partial charge in [-0.2, -0.15) is 13.2 Å². The van der Waals surface area contributed by atoms with Gasteiger partial charge in [0, 0.05) is 37.7 Å². The molecule has 2 aromatic heterocycles. The lowest BCUT2D eigenvalue weighted by Gasteiger charge is -2.31. The van der Waals surface area contributed by atoms with Gasteiger partial charge in [-0.05, 0) is 44.6 Å². The molecule has 0 aromatic carbocycles. The second-order valence-corrected chi connectivity index (χ2v) is 8.09. The maximum atomic E-state index is 13.7. The third-order valence-corrected chi connectivity index (χ3v) is 6.13. The Bertz CT molecular complexity index is 898. The Morgan fingerprint density at radius 3 is 2.67 bits per heavy atom. The van der Waals surface area contributed by atoms with Gasteiger partial charge in [-0.15, -0.1) is 0 Å². The molecule has 0 radical (unpaired) electrons. The molecule has 2 aliphatic rings. The predicted molar refractivity (Wildman–Crippen MR) is 103 cm³/mol. The van der Waals surface area contributed by atoms with Crippen LogP contribution in [0.25, 0.3) is 11.1 Å². The van der Waals surface area contributed by atoms with Crippen LogP contribution in [0.1, 0.15) is 68.3 Å². The molecule has 2 aliphatic heterocycles. The van der Waals surface area contributed by atoms with Crippen molar-refractivity contribution in [2.24, 2.45) is 0 Å². The van der Waals surface area contributed by atoms with Gasteiger partial charge in [0.25, 0.3) is 5.71 Å². The van der Waals surface area contributed by atoms with Crippen LogP contribution in [0.5, 0.6) is 0 Å². The maximum absolute atomic E-state index is 13.7. The quantitative estimate of drug-likeness (QED) is 0.707. The van der Waals surface area contributed by atoms with Crippen LogP contribution in [0.15, 0.2) is 10.6 Å². The molecule has 0 N–H and O–H groups in total. The van der Waals surface area contributed by atoms with Gasteiger partial charge in [-0.3, -0.25) is 4.79 Å². The normalized spacial score (nSPS) is 20.9. The Balaban J connectivity index is 1.46. The third-order valence-electron chi connectivity index (χ3n) is 6.13. The molecule has 2 aromatic rings. The number of hydrogen-bond acceptors (Lipinski definition) is 5. The maximum Gasteiger partial charge on any atom is 0.417 e. The van der Waals surface area contributed by atoms with Crippen molar-refractivity contribution < 1.29 is 27.2 Å². The fraction of sp³-hybridized carbons (Fsp3) is 0.667. The Kier molecular flexibility index (Phi) is 5.99. The van der Waals surface area contributed by atoms with Crippen LogP contribution in [0.3, 0.4) is 0 Å². The molecule has 4 rings (SSSR count). The lowest BCUT2D eigenvalue weighted by atomic mass is 9.90. The van der Waals surface area contributed by atoms with E-state index in [1.54, 1.807) is 11.8 Å². The summed E-state index contributed by atoms with van der Waals surface area (Å²) < 4.78 is 51.8. The van der Waals surface area contributed by atoms with E-state index >= 15 is 0 Å². The van der Waals surface area contributed by atoms with E-state index < -0.39 is 11.7 Å². The van der Waals surface area contributed by atoms with E-state index in [-0.39, 0.29) is 29.0 Å². The van der Waals surface area contributed by atoms with E-state index in [1.165, 1.54) is 0 Å².